The van der Waals surface area contributed by atoms with Gasteiger partial charge in [0.2, 0.25) is 0 Å². The molecule has 0 radical (unpaired) electrons. The Hall–Kier alpha value is -1.07. The van der Waals surface area contributed by atoms with Gasteiger partial charge in [0, 0.05) is 17.2 Å². The van der Waals surface area contributed by atoms with Crippen molar-refractivity contribution in [2.75, 3.05) is 12.3 Å². The zero-order chi connectivity index (χ0) is 13.0. The lowest BCUT2D eigenvalue weighted by Gasteiger charge is -2.13. The van der Waals surface area contributed by atoms with Crippen LogP contribution >= 0.6 is 11.8 Å². The Morgan fingerprint density at radius 2 is 2.22 bits per heavy atom. The number of carboxylic acids is 1. The molecular weight excluding hydrogens is 253 g/mol. The fourth-order valence-electron chi connectivity index (χ4n) is 1.82. The number of benzene rings is 1. The fourth-order valence-corrected chi connectivity index (χ4v) is 2.64. The van der Waals surface area contributed by atoms with Gasteiger partial charge >= 0.3 is 5.97 Å². The van der Waals surface area contributed by atoms with Crippen molar-refractivity contribution in [1.29, 1.82) is 0 Å². The van der Waals surface area contributed by atoms with Gasteiger partial charge in [-0.25, -0.2) is 4.39 Å². The van der Waals surface area contributed by atoms with Crippen molar-refractivity contribution in [3.05, 3.63) is 30.1 Å². The molecule has 3 nitrogen and oxygen atoms in total. The first-order valence-corrected chi connectivity index (χ1v) is 7.00. The minimum absolute atomic E-state index is 0.223. The molecule has 1 aromatic carbocycles. The third-order valence-corrected chi connectivity index (χ3v) is 3.97. The van der Waals surface area contributed by atoms with Gasteiger partial charge < -0.3 is 10.4 Å². The summed E-state index contributed by atoms with van der Waals surface area (Å²) in [5, 5.41) is 12.0. The van der Waals surface area contributed by atoms with E-state index < -0.39 is 12.0 Å². The molecule has 1 aliphatic carbocycles. The molecule has 1 saturated carbocycles. The summed E-state index contributed by atoms with van der Waals surface area (Å²) in [5.74, 6) is -0.0638. The molecule has 98 valence electrons. The van der Waals surface area contributed by atoms with Crippen molar-refractivity contribution in [3.8, 4) is 0 Å². The van der Waals surface area contributed by atoms with E-state index in [4.69, 9.17) is 5.11 Å². The molecule has 1 unspecified atom stereocenters. The molecule has 0 heterocycles. The van der Waals surface area contributed by atoms with Crippen LogP contribution in [0, 0.1) is 11.7 Å². The molecule has 0 saturated heterocycles. The second-order valence-electron chi connectivity index (χ2n) is 4.39. The van der Waals surface area contributed by atoms with Gasteiger partial charge in [-0.2, -0.15) is 0 Å². The molecule has 0 spiro atoms. The number of nitrogens with one attached hydrogen (secondary N) is 1. The van der Waals surface area contributed by atoms with E-state index in [1.807, 2.05) is 0 Å². The summed E-state index contributed by atoms with van der Waals surface area (Å²) in [6.45, 7) is 0.576. The number of aliphatic carboxylic acids is 1. The molecule has 1 atom stereocenters. The second kappa shape index (κ2) is 6.20. The second-order valence-corrected chi connectivity index (χ2v) is 5.52. The molecule has 2 rings (SSSR count). The summed E-state index contributed by atoms with van der Waals surface area (Å²) < 4.78 is 13.3. The Kier molecular flexibility index (Phi) is 4.60. The Morgan fingerprint density at radius 3 is 2.83 bits per heavy atom. The van der Waals surface area contributed by atoms with E-state index in [0.717, 1.165) is 12.8 Å². The minimum atomic E-state index is -0.784. The smallest absolute Gasteiger partial charge is 0.320 e. The Balaban J connectivity index is 1.72. The Labute approximate surface area is 110 Å². The molecule has 1 aliphatic rings. The minimum Gasteiger partial charge on any atom is -0.480 e. The topological polar surface area (TPSA) is 49.3 Å². The molecule has 1 aromatic rings. The van der Waals surface area contributed by atoms with Crippen LogP contribution in [-0.2, 0) is 4.79 Å². The Morgan fingerprint density at radius 1 is 1.50 bits per heavy atom. The largest absolute Gasteiger partial charge is 0.480 e. The van der Waals surface area contributed by atoms with Gasteiger partial charge in [0.1, 0.15) is 11.9 Å². The molecule has 0 amide bonds. The monoisotopic (exact) mass is 269 g/mol. The predicted molar refractivity (Wildman–Crippen MR) is 69.3 cm³/mol. The van der Waals surface area contributed by atoms with Crippen molar-refractivity contribution >= 4 is 17.7 Å². The van der Waals surface area contributed by atoms with Crippen LogP contribution in [0.4, 0.5) is 4.39 Å². The number of thioether (sulfide) groups is 1. The van der Waals surface area contributed by atoms with Crippen LogP contribution in [0.5, 0.6) is 0 Å². The van der Waals surface area contributed by atoms with Gasteiger partial charge in [-0.15, -0.1) is 11.8 Å². The molecule has 0 bridgehead atoms. The van der Waals surface area contributed by atoms with Crippen molar-refractivity contribution in [1.82, 2.24) is 5.32 Å². The summed E-state index contributed by atoms with van der Waals surface area (Å²) in [4.78, 5) is 11.6. The maximum atomic E-state index is 13.3. The van der Waals surface area contributed by atoms with E-state index in [9.17, 15) is 9.18 Å². The van der Waals surface area contributed by atoms with Crippen LogP contribution in [-0.4, -0.2) is 29.4 Å². The highest BCUT2D eigenvalue weighted by Gasteiger charge is 2.35. The summed E-state index contributed by atoms with van der Waals surface area (Å²) in [6.07, 6.45) is 1.98. The average Bonchev–Trinajstić information content (AvgIpc) is 3.15. The van der Waals surface area contributed by atoms with Crippen LogP contribution in [0.15, 0.2) is 29.2 Å². The van der Waals surface area contributed by atoms with E-state index in [0.29, 0.717) is 17.2 Å². The number of rotatable bonds is 7. The molecule has 1 fully saturated rings. The van der Waals surface area contributed by atoms with Crippen LogP contribution in [0.3, 0.4) is 0 Å². The molecule has 2 N–H and O–H groups in total. The van der Waals surface area contributed by atoms with Gasteiger partial charge in [0.15, 0.2) is 0 Å². The normalized spacial score (nSPS) is 16.5. The first-order chi connectivity index (χ1) is 8.68. The first-order valence-electron chi connectivity index (χ1n) is 6.02. The maximum Gasteiger partial charge on any atom is 0.320 e. The number of carboxylic acid groups (broad SMARTS) is 1. The van der Waals surface area contributed by atoms with Crippen molar-refractivity contribution in [3.63, 3.8) is 0 Å². The summed E-state index contributed by atoms with van der Waals surface area (Å²) in [5.41, 5.74) is 0. The number of hydrogen-bond acceptors (Lipinski definition) is 3. The zero-order valence-corrected chi connectivity index (χ0v) is 10.8. The number of halogens is 1. The van der Waals surface area contributed by atoms with Gasteiger partial charge in [0.05, 0.1) is 0 Å². The predicted octanol–water partition coefficient (Wildman–Crippen LogP) is 2.37. The quantitative estimate of drug-likeness (QED) is 0.589. The summed E-state index contributed by atoms with van der Waals surface area (Å²) in [7, 11) is 0. The van der Waals surface area contributed by atoms with E-state index in [2.05, 4.69) is 5.32 Å². The van der Waals surface area contributed by atoms with Crippen molar-refractivity contribution < 1.29 is 14.3 Å². The van der Waals surface area contributed by atoms with E-state index >= 15 is 0 Å². The molecule has 0 aromatic heterocycles. The van der Waals surface area contributed by atoms with Crippen molar-refractivity contribution in [2.45, 2.75) is 23.8 Å². The van der Waals surface area contributed by atoms with Crippen LogP contribution < -0.4 is 5.32 Å². The molecular formula is C13H16FNO2S. The summed E-state index contributed by atoms with van der Waals surface area (Å²) in [6, 6.07) is 6.18. The first kappa shape index (κ1) is 13.4. The highest BCUT2D eigenvalue weighted by atomic mass is 32.2. The summed E-state index contributed by atoms with van der Waals surface area (Å²) >= 11 is 1.40. The SMILES string of the molecule is O=C(O)C(NCCSc1ccccc1F)C1CC1. The zero-order valence-electron chi connectivity index (χ0n) is 9.93. The lowest BCUT2D eigenvalue weighted by molar-refractivity contribution is -0.140. The molecule has 0 aliphatic heterocycles. The van der Waals surface area contributed by atoms with Gasteiger partial charge in [0.25, 0.3) is 0 Å². The molecule has 5 heteroatoms. The van der Waals surface area contributed by atoms with E-state index in [1.54, 1.807) is 18.2 Å². The molecule has 18 heavy (non-hydrogen) atoms. The van der Waals surface area contributed by atoms with Gasteiger partial charge in [-0.05, 0) is 30.9 Å². The lowest BCUT2D eigenvalue weighted by atomic mass is 10.2. The van der Waals surface area contributed by atoms with Crippen LogP contribution in [0.25, 0.3) is 0 Å². The van der Waals surface area contributed by atoms with Gasteiger partial charge in [-0.1, -0.05) is 12.1 Å². The van der Waals surface area contributed by atoms with Crippen molar-refractivity contribution in [2.24, 2.45) is 5.92 Å². The van der Waals surface area contributed by atoms with Crippen LogP contribution in [0.1, 0.15) is 12.8 Å². The average molecular weight is 269 g/mol. The van der Waals surface area contributed by atoms with E-state index in [-0.39, 0.29) is 11.7 Å². The fraction of sp³-hybridized carbons (Fsp3) is 0.462. The number of hydrogen-bond donors (Lipinski definition) is 2. The lowest BCUT2D eigenvalue weighted by Crippen LogP contribution is -2.39. The maximum absolute atomic E-state index is 13.3. The van der Waals surface area contributed by atoms with E-state index in [1.165, 1.54) is 17.8 Å². The standard InChI is InChI=1S/C13H16FNO2S/c14-10-3-1-2-4-11(10)18-8-7-15-12(13(16)17)9-5-6-9/h1-4,9,12,15H,5-8H2,(H,16,17). The number of carbonyl (C=O) groups is 1. The van der Waals surface area contributed by atoms with Crippen LogP contribution in [0.2, 0.25) is 0 Å². The Bertz CT molecular complexity index is 423. The van der Waals surface area contributed by atoms with Gasteiger partial charge in [-0.3, -0.25) is 4.79 Å². The highest BCUT2D eigenvalue weighted by molar-refractivity contribution is 7.99. The highest BCUT2D eigenvalue weighted by Crippen LogP contribution is 2.32. The third kappa shape index (κ3) is 3.71. The third-order valence-electron chi connectivity index (χ3n) is 2.92.